The van der Waals surface area contributed by atoms with Crippen molar-refractivity contribution in [3.8, 4) is 0 Å². The van der Waals surface area contributed by atoms with Crippen LogP contribution in [0.25, 0.3) is 5.16 Å². The molecule has 5 unspecified atom stereocenters. The Bertz CT molecular complexity index is 1120. The third-order valence-electron chi connectivity index (χ3n) is 9.66. The molecule has 3 heteroatoms. The molecule has 0 radical (unpaired) electrons. The second-order valence-electron chi connectivity index (χ2n) is 14.6. The summed E-state index contributed by atoms with van der Waals surface area (Å²) in [7, 11) is -2.31. The summed E-state index contributed by atoms with van der Waals surface area (Å²) < 4.78 is 0. The fraction of sp³-hybridized carbons (Fsp3) is 0.538. The van der Waals surface area contributed by atoms with Crippen LogP contribution in [0.2, 0.25) is 0 Å². The van der Waals surface area contributed by atoms with E-state index in [4.69, 9.17) is 0 Å². The Labute approximate surface area is 279 Å². The minimum atomic E-state index is -2.31. The van der Waals surface area contributed by atoms with Crippen LogP contribution in [0.4, 0.5) is 0 Å². The first-order chi connectivity index (χ1) is 17.1. The van der Waals surface area contributed by atoms with Gasteiger partial charge in [0.1, 0.15) is 0 Å². The minimum absolute atomic E-state index is 0. The molecule has 0 amide bonds. The van der Waals surface area contributed by atoms with Crippen LogP contribution in [0.15, 0.2) is 71.9 Å². The summed E-state index contributed by atoms with van der Waals surface area (Å²) in [6.07, 6.45) is 15.2. The maximum atomic E-state index is 12.2. The standard InChI is InChI=1S/C35H51NP.4CH3.Ti/c1-22(2)37(36,23(3)4)32-15-13-12-14-27(32)24(5)33-30-20-25(34(6,7)8)16-18-28(30)29-19-17-26(21-31(29)33)35(9,10)11;;;;;/h12-24,28-31,33H,1-11H3;4*1H3;/q5*-1;. The van der Waals surface area contributed by atoms with Gasteiger partial charge >= 0.3 is 0 Å². The molecule has 42 heavy (non-hydrogen) atoms. The first-order valence-electron chi connectivity index (χ1n) is 14.6. The molecule has 0 bridgehead atoms. The second kappa shape index (κ2) is 15.4. The molecular weight excluding hydrogens is 561 g/mol. The van der Waals surface area contributed by atoms with E-state index in [9.17, 15) is 5.16 Å². The number of hydrogen-bond donors (Lipinski definition) is 0. The number of fused-ring (bicyclic) bond motifs is 3. The predicted octanol–water partition coefficient (Wildman–Crippen LogP) is 12.0. The number of allylic oxidation sites excluding steroid dienone is 8. The first kappa shape index (κ1) is 43.3. The SMILES string of the molecule is CC(c1ccccc1P(=[N-])(C(C)C)C(C)C)C1C2C=C(C(C)(C)C)C=CC2C2C=CC(C(C)(C)C)=CC21.[CH3-].[CH3-].[CH3-].[CH3-].[Ti]. The zero-order valence-corrected chi connectivity index (χ0v) is 32.2. The zero-order chi connectivity index (χ0) is 27.5. The van der Waals surface area contributed by atoms with Gasteiger partial charge < -0.3 is 34.9 Å². The van der Waals surface area contributed by atoms with Crippen LogP contribution in [0.5, 0.6) is 0 Å². The van der Waals surface area contributed by atoms with E-state index in [0.29, 0.717) is 35.5 Å². The molecule has 0 saturated heterocycles. The number of benzene rings is 1. The molecule has 0 spiro atoms. The predicted molar refractivity (Wildman–Crippen MR) is 192 cm³/mol. The Balaban J connectivity index is 0. The van der Waals surface area contributed by atoms with E-state index in [2.05, 4.69) is 137 Å². The topological polar surface area (TPSA) is 22.3 Å². The molecule has 238 valence electrons. The van der Waals surface area contributed by atoms with Crippen molar-refractivity contribution in [2.24, 2.45) is 40.4 Å². The quantitative estimate of drug-likeness (QED) is 0.177. The summed E-state index contributed by atoms with van der Waals surface area (Å²) in [6.45, 7) is 25.4. The van der Waals surface area contributed by atoms with Gasteiger partial charge in [0.05, 0.1) is 0 Å². The molecule has 4 rings (SSSR count). The molecule has 0 N–H and O–H groups in total. The van der Waals surface area contributed by atoms with E-state index < -0.39 is 7.05 Å². The molecule has 1 saturated carbocycles. The van der Waals surface area contributed by atoms with Crippen LogP contribution in [-0.2, 0) is 21.7 Å². The Morgan fingerprint density at radius 1 is 0.643 bits per heavy atom. The van der Waals surface area contributed by atoms with E-state index in [0.717, 1.165) is 0 Å². The summed E-state index contributed by atoms with van der Waals surface area (Å²) >= 11 is 0. The van der Waals surface area contributed by atoms with Crippen LogP contribution in [0.3, 0.4) is 0 Å². The van der Waals surface area contributed by atoms with Gasteiger partial charge in [-0.2, -0.15) is 7.05 Å². The average molecular weight is 625 g/mol. The molecule has 0 heterocycles. The van der Waals surface area contributed by atoms with Gasteiger partial charge in [-0.1, -0.05) is 137 Å². The van der Waals surface area contributed by atoms with Gasteiger partial charge in [-0.3, -0.25) is 0 Å². The van der Waals surface area contributed by atoms with Crippen molar-refractivity contribution in [3.05, 3.63) is 112 Å². The van der Waals surface area contributed by atoms with Crippen molar-refractivity contribution in [3.63, 3.8) is 0 Å². The van der Waals surface area contributed by atoms with Gasteiger partial charge in [0.15, 0.2) is 0 Å². The van der Waals surface area contributed by atoms with Crippen molar-refractivity contribution in [2.45, 2.75) is 93.4 Å². The third kappa shape index (κ3) is 7.67. The Morgan fingerprint density at radius 3 is 1.38 bits per heavy atom. The average Bonchev–Trinajstić information content (AvgIpc) is 3.14. The van der Waals surface area contributed by atoms with Gasteiger partial charge in [-0.15, -0.1) is 0 Å². The van der Waals surface area contributed by atoms with Gasteiger partial charge in [0.25, 0.3) is 0 Å². The van der Waals surface area contributed by atoms with Crippen LogP contribution in [-0.4, -0.2) is 11.3 Å². The van der Waals surface area contributed by atoms with Crippen LogP contribution < -0.4 is 5.30 Å². The Morgan fingerprint density at radius 2 is 1.02 bits per heavy atom. The van der Waals surface area contributed by atoms with Gasteiger partial charge in [0.2, 0.25) is 0 Å². The van der Waals surface area contributed by atoms with E-state index in [1.807, 2.05) is 0 Å². The normalized spacial score (nSPS) is 25.3. The second-order valence-corrected chi connectivity index (χ2v) is 18.6. The Kier molecular flexibility index (Phi) is 15.9. The summed E-state index contributed by atoms with van der Waals surface area (Å²) in [4.78, 5) is 0. The van der Waals surface area contributed by atoms with Crippen molar-refractivity contribution < 1.29 is 21.7 Å². The molecule has 1 aromatic rings. The molecule has 1 fully saturated rings. The molecule has 1 aromatic carbocycles. The Hall–Kier alpha value is -0.876. The van der Waals surface area contributed by atoms with E-state index >= 15 is 0 Å². The van der Waals surface area contributed by atoms with Gasteiger partial charge in [0, 0.05) is 21.7 Å². The van der Waals surface area contributed by atoms with Gasteiger partial charge in [-0.25, -0.2) is 0 Å². The molecule has 5 atom stereocenters. The van der Waals surface area contributed by atoms with E-state index in [1.165, 1.54) is 22.0 Å². The van der Waals surface area contributed by atoms with Gasteiger partial charge in [-0.05, 0) is 79.7 Å². The van der Waals surface area contributed by atoms with E-state index in [1.54, 1.807) is 0 Å². The fourth-order valence-corrected chi connectivity index (χ4v) is 10.7. The largest absolute Gasteiger partial charge is 0.804 e. The van der Waals surface area contributed by atoms with Crippen molar-refractivity contribution in [1.82, 2.24) is 0 Å². The third-order valence-corrected chi connectivity index (χ3v) is 14.0. The number of hydrogen-bond acceptors (Lipinski definition) is 0. The number of rotatable bonds is 5. The molecule has 0 aliphatic heterocycles. The maximum Gasteiger partial charge on any atom is 0 e. The molecule has 3 aliphatic rings. The zero-order valence-electron chi connectivity index (χ0n) is 29.8. The van der Waals surface area contributed by atoms with Crippen LogP contribution in [0.1, 0.15) is 87.6 Å². The van der Waals surface area contributed by atoms with E-state index in [-0.39, 0.29) is 73.6 Å². The first-order valence-corrected chi connectivity index (χ1v) is 16.5. The smallest absolute Gasteiger partial charge is 0 e. The molecule has 1 nitrogen and oxygen atoms in total. The maximum absolute atomic E-state index is 12.2. The molecule has 0 aromatic heterocycles. The summed E-state index contributed by atoms with van der Waals surface area (Å²) in [6, 6.07) is 8.91. The van der Waals surface area contributed by atoms with Crippen molar-refractivity contribution in [2.75, 3.05) is 0 Å². The van der Waals surface area contributed by atoms with Crippen molar-refractivity contribution >= 4 is 12.4 Å². The monoisotopic (exact) mass is 624 g/mol. The molecular formula is C39H63NPTi-5. The fourth-order valence-electron chi connectivity index (χ4n) is 7.42. The minimum Gasteiger partial charge on any atom is -0.804 e. The summed E-state index contributed by atoms with van der Waals surface area (Å²) in [5.74, 6) is 2.93. The summed E-state index contributed by atoms with van der Waals surface area (Å²) in [5.41, 5.74) is 5.10. The van der Waals surface area contributed by atoms with Crippen LogP contribution in [0, 0.1) is 70.1 Å². The number of nitrogens with zero attached hydrogens (tertiary/aromatic N) is 1. The van der Waals surface area contributed by atoms with Crippen molar-refractivity contribution in [1.29, 1.82) is 0 Å². The summed E-state index contributed by atoms with van der Waals surface area (Å²) in [5, 5.41) is 13.5. The molecule has 3 aliphatic carbocycles. The van der Waals surface area contributed by atoms with Crippen LogP contribution >= 0.6 is 7.05 Å².